The third kappa shape index (κ3) is 3.11. The summed E-state index contributed by atoms with van der Waals surface area (Å²) in [7, 11) is 0. The molecule has 0 bridgehead atoms. The summed E-state index contributed by atoms with van der Waals surface area (Å²) in [5.41, 5.74) is 1.12. The standard InChI is InChI=1S/C16H13F2N3O/c1-10(19-14-8-12(17)7-13(18)9-14)15-20-21-16(22-15)11-5-3-2-4-6-11/h2-10,19H,1H3/t10-/m1/s1. The maximum atomic E-state index is 13.2. The molecular weight excluding hydrogens is 288 g/mol. The van der Waals surface area contributed by atoms with E-state index in [9.17, 15) is 8.78 Å². The summed E-state index contributed by atoms with van der Waals surface area (Å²) in [5.74, 6) is -0.561. The summed E-state index contributed by atoms with van der Waals surface area (Å²) in [4.78, 5) is 0. The molecule has 0 saturated heterocycles. The SMILES string of the molecule is C[C@@H](Nc1cc(F)cc(F)c1)c1nnc(-c2ccccc2)o1. The van der Waals surface area contributed by atoms with Crippen LogP contribution in [0.1, 0.15) is 18.9 Å². The summed E-state index contributed by atoms with van der Waals surface area (Å²) in [5, 5.41) is 10.9. The van der Waals surface area contributed by atoms with Gasteiger partial charge in [-0.2, -0.15) is 0 Å². The fourth-order valence-corrected chi connectivity index (χ4v) is 2.06. The fraction of sp³-hybridized carbons (Fsp3) is 0.125. The van der Waals surface area contributed by atoms with Gasteiger partial charge < -0.3 is 9.73 Å². The van der Waals surface area contributed by atoms with Gasteiger partial charge >= 0.3 is 0 Å². The van der Waals surface area contributed by atoms with Crippen LogP contribution in [0.25, 0.3) is 11.5 Å². The molecule has 3 rings (SSSR count). The number of hydrogen-bond acceptors (Lipinski definition) is 4. The first-order chi connectivity index (χ1) is 10.6. The zero-order chi connectivity index (χ0) is 15.5. The van der Waals surface area contributed by atoms with Crippen LogP contribution < -0.4 is 5.32 Å². The van der Waals surface area contributed by atoms with E-state index in [1.807, 2.05) is 30.3 Å². The van der Waals surface area contributed by atoms with E-state index in [0.717, 1.165) is 11.6 Å². The van der Waals surface area contributed by atoms with E-state index in [2.05, 4.69) is 15.5 Å². The molecule has 22 heavy (non-hydrogen) atoms. The largest absolute Gasteiger partial charge is 0.418 e. The van der Waals surface area contributed by atoms with Gasteiger partial charge in [0, 0.05) is 17.3 Å². The van der Waals surface area contributed by atoms with Crippen molar-refractivity contribution in [3.05, 3.63) is 66.1 Å². The molecule has 1 heterocycles. The van der Waals surface area contributed by atoms with Crippen molar-refractivity contribution in [2.75, 3.05) is 5.32 Å². The second kappa shape index (κ2) is 5.93. The summed E-state index contributed by atoms with van der Waals surface area (Å²) < 4.78 is 31.9. The Labute approximate surface area is 125 Å². The van der Waals surface area contributed by atoms with Crippen LogP contribution in [0, 0.1) is 11.6 Å². The molecular formula is C16H13F2N3O. The third-order valence-electron chi connectivity index (χ3n) is 3.08. The summed E-state index contributed by atoms with van der Waals surface area (Å²) in [6, 6.07) is 12.2. The molecule has 0 amide bonds. The highest BCUT2D eigenvalue weighted by atomic mass is 19.1. The van der Waals surface area contributed by atoms with Crippen LogP contribution >= 0.6 is 0 Å². The van der Waals surface area contributed by atoms with E-state index in [0.29, 0.717) is 17.5 Å². The smallest absolute Gasteiger partial charge is 0.247 e. The number of rotatable bonds is 4. The van der Waals surface area contributed by atoms with E-state index in [4.69, 9.17) is 4.42 Å². The zero-order valence-electron chi connectivity index (χ0n) is 11.8. The van der Waals surface area contributed by atoms with Gasteiger partial charge in [-0.25, -0.2) is 8.78 Å². The van der Waals surface area contributed by atoms with Crippen LogP contribution in [0.2, 0.25) is 0 Å². The molecule has 0 unspecified atom stereocenters. The number of halogens is 2. The minimum absolute atomic E-state index is 0.310. The second-order valence-corrected chi connectivity index (χ2v) is 4.84. The summed E-state index contributed by atoms with van der Waals surface area (Å²) in [6.07, 6.45) is 0. The number of anilines is 1. The molecule has 0 saturated carbocycles. The number of benzene rings is 2. The molecule has 1 aromatic heterocycles. The van der Waals surface area contributed by atoms with E-state index in [1.165, 1.54) is 12.1 Å². The number of nitrogens with one attached hydrogen (secondary N) is 1. The third-order valence-corrected chi connectivity index (χ3v) is 3.08. The van der Waals surface area contributed by atoms with Crippen LogP contribution in [0.15, 0.2) is 52.9 Å². The van der Waals surface area contributed by atoms with Crippen molar-refractivity contribution >= 4 is 5.69 Å². The maximum absolute atomic E-state index is 13.2. The van der Waals surface area contributed by atoms with Crippen LogP contribution in [0.5, 0.6) is 0 Å². The predicted octanol–water partition coefficient (Wildman–Crippen LogP) is 4.19. The van der Waals surface area contributed by atoms with Crippen molar-refractivity contribution in [3.8, 4) is 11.5 Å². The maximum Gasteiger partial charge on any atom is 0.247 e. The summed E-state index contributed by atoms with van der Waals surface area (Å²) in [6.45, 7) is 1.77. The van der Waals surface area contributed by atoms with Gasteiger partial charge in [-0.3, -0.25) is 0 Å². The average molecular weight is 301 g/mol. The summed E-state index contributed by atoms with van der Waals surface area (Å²) >= 11 is 0. The highest BCUT2D eigenvalue weighted by molar-refractivity contribution is 5.52. The minimum Gasteiger partial charge on any atom is -0.418 e. The van der Waals surface area contributed by atoms with Crippen molar-refractivity contribution in [2.45, 2.75) is 13.0 Å². The molecule has 4 nitrogen and oxygen atoms in total. The quantitative estimate of drug-likeness (QED) is 0.785. The van der Waals surface area contributed by atoms with E-state index < -0.39 is 11.6 Å². The molecule has 0 radical (unpaired) electrons. The lowest BCUT2D eigenvalue weighted by Crippen LogP contribution is -2.07. The Morgan fingerprint density at radius 1 is 1.00 bits per heavy atom. The molecule has 0 aliphatic carbocycles. The molecule has 1 N–H and O–H groups in total. The predicted molar refractivity (Wildman–Crippen MR) is 78.1 cm³/mol. The Morgan fingerprint density at radius 2 is 1.68 bits per heavy atom. The molecule has 112 valence electrons. The normalized spacial score (nSPS) is 12.1. The van der Waals surface area contributed by atoms with Crippen LogP contribution in [-0.2, 0) is 0 Å². The number of aromatic nitrogens is 2. The second-order valence-electron chi connectivity index (χ2n) is 4.84. The lowest BCUT2D eigenvalue weighted by atomic mass is 10.2. The van der Waals surface area contributed by atoms with E-state index >= 15 is 0 Å². The Hall–Kier alpha value is -2.76. The van der Waals surface area contributed by atoms with Gasteiger partial charge in [-0.15, -0.1) is 10.2 Å². The van der Waals surface area contributed by atoms with Crippen molar-refractivity contribution in [3.63, 3.8) is 0 Å². The van der Waals surface area contributed by atoms with Crippen molar-refractivity contribution in [2.24, 2.45) is 0 Å². The van der Waals surface area contributed by atoms with Gasteiger partial charge in [0.1, 0.15) is 17.7 Å². The van der Waals surface area contributed by atoms with Gasteiger partial charge in [0.2, 0.25) is 11.8 Å². The number of nitrogens with zero attached hydrogens (tertiary/aromatic N) is 2. The molecule has 6 heteroatoms. The van der Waals surface area contributed by atoms with Gasteiger partial charge in [0.05, 0.1) is 0 Å². The Kier molecular flexibility index (Phi) is 3.82. The van der Waals surface area contributed by atoms with E-state index in [1.54, 1.807) is 6.92 Å². The highest BCUT2D eigenvalue weighted by Crippen LogP contribution is 2.23. The molecule has 0 aliphatic rings. The monoisotopic (exact) mass is 301 g/mol. The molecule has 1 atom stereocenters. The van der Waals surface area contributed by atoms with Crippen LogP contribution in [0.3, 0.4) is 0 Å². The van der Waals surface area contributed by atoms with Crippen molar-refractivity contribution in [1.29, 1.82) is 0 Å². The van der Waals surface area contributed by atoms with Crippen LogP contribution in [0.4, 0.5) is 14.5 Å². The molecule has 0 aliphatic heterocycles. The van der Waals surface area contributed by atoms with Crippen molar-refractivity contribution in [1.82, 2.24) is 10.2 Å². The lowest BCUT2D eigenvalue weighted by molar-refractivity contribution is 0.484. The first-order valence-corrected chi connectivity index (χ1v) is 6.73. The lowest BCUT2D eigenvalue weighted by Gasteiger charge is -2.11. The average Bonchev–Trinajstić information content (AvgIpc) is 2.97. The minimum atomic E-state index is -0.648. The molecule has 0 fully saturated rings. The van der Waals surface area contributed by atoms with Crippen molar-refractivity contribution < 1.29 is 13.2 Å². The van der Waals surface area contributed by atoms with Gasteiger partial charge in [0.25, 0.3) is 0 Å². The van der Waals surface area contributed by atoms with Gasteiger partial charge in [0.15, 0.2) is 0 Å². The zero-order valence-corrected chi connectivity index (χ0v) is 11.8. The topological polar surface area (TPSA) is 51.0 Å². The number of hydrogen-bond donors (Lipinski definition) is 1. The first kappa shape index (κ1) is 14.2. The molecule has 2 aromatic carbocycles. The van der Waals surface area contributed by atoms with Gasteiger partial charge in [-0.1, -0.05) is 18.2 Å². The Morgan fingerprint density at radius 3 is 2.36 bits per heavy atom. The van der Waals surface area contributed by atoms with Gasteiger partial charge in [-0.05, 0) is 31.2 Å². The first-order valence-electron chi connectivity index (χ1n) is 6.73. The molecule has 3 aromatic rings. The highest BCUT2D eigenvalue weighted by Gasteiger charge is 2.15. The molecule has 0 spiro atoms. The van der Waals surface area contributed by atoms with E-state index in [-0.39, 0.29) is 6.04 Å². The fourth-order valence-electron chi connectivity index (χ4n) is 2.06. The Bertz CT molecular complexity index is 754. The van der Waals surface area contributed by atoms with Crippen LogP contribution in [-0.4, -0.2) is 10.2 Å². The Balaban J connectivity index is 1.78.